The fourth-order valence-corrected chi connectivity index (χ4v) is 4.04. The summed E-state index contributed by atoms with van der Waals surface area (Å²) in [7, 11) is -0.299. The molecule has 0 radical (unpaired) electrons. The largest absolute Gasteiger partial charge is 0.490 e. The fraction of sp³-hybridized carbons (Fsp3) is 0.571. The zero-order chi connectivity index (χ0) is 19.2. The highest BCUT2D eigenvalue weighted by Crippen LogP contribution is 2.40. The van der Waals surface area contributed by atoms with Crippen molar-refractivity contribution in [1.29, 1.82) is 0 Å². The van der Waals surface area contributed by atoms with E-state index in [9.17, 15) is 4.79 Å². The second-order valence-corrected chi connectivity index (χ2v) is 8.76. The summed E-state index contributed by atoms with van der Waals surface area (Å²) in [5.74, 6) is 0.183. The normalized spacial score (nSPS) is 26.2. The highest BCUT2D eigenvalue weighted by molar-refractivity contribution is 6.54. The number of para-hydroxylation sites is 1. The van der Waals surface area contributed by atoms with E-state index in [1.807, 2.05) is 17.0 Å². The summed E-state index contributed by atoms with van der Waals surface area (Å²) in [6.45, 7) is 10.5. The van der Waals surface area contributed by atoms with Gasteiger partial charge < -0.3 is 19.5 Å². The zero-order valence-corrected chi connectivity index (χ0v) is 16.7. The van der Waals surface area contributed by atoms with Crippen molar-refractivity contribution >= 4 is 18.7 Å². The van der Waals surface area contributed by atoms with Crippen LogP contribution in [0.1, 0.15) is 52.0 Å². The van der Waals surface area contributed by atoms with E-state index >= 15 is 0 Å². The van der Waals surface area contributed by atoms with Crippen LogP contribution in [0.5, 0.6) is 0 Å². The molecule has 0 bridgehead atoms. The van der Waals surface area contributed by atoms with E-state index in [0.29, 0.717) is 6.54 Å². The quantitative estimate of drug-likeness (QED) is 0.814. The van der Waals surface area contributed by atoms with E-state index in [0.717, 1.165) is 42.7 Å². The van der Waals surface area contributed by atoms with Gasteiger partial charge in [-0.05, 0) is 57.6 Å². The van der Waals surface area contributed by atoms with Crippen molar-refractivity contribution in [3.8, 4) is 0 Å². The molecule has 1 saturated heterocycles. The highest BCUT2D eigenvalue weighted by atomic mass is 16.7. The van der Waals surface area contributed by atoms with Crippen LogP contribution in [0.25, 0.3) is 0 Å². The maximum Gasteiger partial charge on any atom is 0.490 e. The number of rotatable bonds is 2. The third-order valence-corrected chi connectivity index (χ3v) is 6.49. The number of hydrogen-bond donors (Lipinski definition) is 1. The predicted molar refractivity (Wildman–Crippen MR) is 108 cm³/mol. The molecule has 1 unspecified atom stereocenters. The van der Waals surface area contributed by atoms with Crippen LogP contribution in [0.3, 0.4) is 0 Å². The third-order valence-electron chi connectivity index (χ3n) is 6.49. The Labute approximate surface area is 162 Å². The smallest absolute Gasteiger partial charge is 0.400 e. The number of amides is 1. The van der Waals surface area contributed by atoms with Crippen LogP contribution in [-0.2, 0) is 14.1 Å². The second kappa shape index (κ2) is 6.68. The van der Waals surface area contributed by atoms with Crippen molar-refractivity contribution in [3.63, 3.8) is 0 Å². The summed E-state index contributed by atoms with van der Waals surface area (Å²) in [5, 5.41) is 3.39. The fourth-order valence-electron chi connectivity index (χ4n) is 4.04. The molecule has 1 fully saturated rings. The molecule has 3 aliphatic heterocycles. The molecule has 0 aliphatic carbocycles. The van der Waals surface area contributed by atoms with E-state index in [2.05, 4.69) is 51.2 Å². The van der Waals surface area contributed by atoms with Crippen LogP contribution in [0.4, 0.5) is 5.69 Å². The molecule has 0 saturated carbocycles. The summed E-state index contributed by atoms with van der Waals surface area (Å²) in [4.78, 5) is 15.1. The molecule has 144 valence electrons. The van der Waals surface area contributed by atoms with E-state index in [4.69, 9.17) is 9.31 Å². The molecule has 6 heteroatoms. The Morgan fingerprint density at radius 3 is 2.56 bits per heavy atom. The molecular formula is C21H29BN2O3. The monoisotopic (exact) mass is 368 g/mol. The lowest BCUT2D eigenvalue weighted by Crippen LogP contribution is -2.41. The summed E-state index contributed by atoms with van der Waals surface area (Å²) in [5.41, 5.74) is 2.71. The first-order chi connectivity index (χ1) is 12.8. The van der Waals surface area contributed by atoms with Crippen molar-refractivity contribution in [1.82, 2.24) is 4.90 Å². The Hall–Kier alpha value is -1.79. The average Bonchev–Trinajstić information content (AvgIpc) is 2.88. The van der Waals surface area contributed by atoms with Crippen molar-refractivity contribution in [2.75, 3.05) is 25.0 Å². The maximum atomic E-state index is 13.2. The molecule has 1 aromatic rings. The Balaban J connectivity index is 1.45. The molecule has 3 aliphatic rings. The molecule has 27 heavy (non-hydrogen) atoms. The van der Waals surface area contributed by atoms with Gasteiger partial charge in [0.2, 0.25) is 5.91 Å². The van der Waals surface area contributed by atoms with Crippen LogP contribution in [0.2, 0.25) is 0 Å². The second-order valence-electron chi connectivity index (χ2n) is 8.76. The summed E-state index contributed by atoms with van der Waals surface area (Å²) in [6.07, 6.45) is 3.77. The maximum absolute atomic E-state index is 13.2. The van der Waals surface area contributed by atoms with Gasteiger partial charge in [0.15, 0.2) is 0 Å². The van der Waals surface area contributed by atoms with Crippen molar-refractivity contribution in [2.45, 2.75) is 57.7 Å². The molecule has 1 atom stereocenters. The number of nitrogens with one attached hydrogen (secondary N) is 1. The van der Waals surface area contributed by atoms with Gasteiger partial charge in [-0.2, -0.15) is 0 Å². The molecular weight excluding hydrogens is 339 g/mol. The lowest BCUT2D eigenvalue weighted by atomic mass is 9.74. The van der Waals surface area contributed by atoms with Gasteiger partial charge in [0.05, 0.1) is 17.1 Å². The lowest BCUT2D eigenvalue weighted by Gasteiger charge is -2.33. The number of fused-ring (bicyclic) bond motifs is 1. The molecule has 1 amide bonds. The van der Waals surface area contributed by atoms with E-state index < -0.39 is 0 Å². The van der Waals surface area contributed by atoms with Crippen LogP contribution in [0, 0.1) is 0 Å². The lowest BCUT2D eigenvalue weighted by molar-refractivity contribution is -0.132. The topological polar surface area (TPSA) is 50.8 Å². The number of nitrogens with zero attached hydrogens (tertiary/aromatic N) is 1. The predicted octanol–water partition coefficient (Wildman–Crippen LogP) is 3.38. The molecule has 0 spiro atoms. The van der Waals surface area contributed by atoms with Crippen molar-refractivity contribution < 1.29 is 14.1 Å². The summed E-state index contributed by atoms with van der Waals surface area (Å²) in [6, 6.07) is 8.15. The Morgan fingerprint density at radius 1 is 1.19 bits per heavy atom. The molecule has 0 aromatic heterocycles. The Kier molecular flexibility index (Phi) is 4.59. The van der Waals surface area contributed by atoms with Gasteiger partial charge in [0.25, 0.3) is 0 Å². The first-order valence-electron chi connectivity index (χ1n) is 9.95. The van der Waals surface area contributed by atoms with Gasteiger partial charge in [0.1, 0.15) is 0 Å². The molecule has 1 aromatic carbocycles. The SMILES string of the molecule is CC1(C)OB(C2=CCN(C(=O)C3CCNc4ccccc43)CC2)OC1(C)C. The van der Waals surface area contributed by atoms with Gasteiger partial charge >= 0.3 is 7.12 Å². The molecule has 3 heterocycles. The van der Waals surface area contributed by atoms with Gasteiger partial charge in [0, 0.05) is 25.3 Å². The number of benzene rings is 1. The van der Waals surface area contributed by atoms with Crippen LogP contribution < -0.4 is 5.32 Å². The van der Waals surface area contributed by atoms with Crippen LogP contribution in [-0.4, -0.2) is 48.8 Å². The minimum absolute atomic E-state index is 0.0470. The van der Waals surface area contributed by atoms with Gasteiger partial charge in [-0.3, -0.25) is 4.79 Å². The summed E-state index contributed by atoms with van der Waals surface area (Å²) >= 11 is 0. The van der Waals surface area contributed by atoms with E-state index in [-0.39, 0.29) is 30.1 Å². The standard InChI is InChI=1S/C21H29BN2O3/c1-20(2)21(3,4)27-22(26-20)15-10-13-24(14-11-15)19(25)17-9-12-23-18-8-6-5-7-16(17)18/h5-8,10,17,23H,9,11-14H2,1-4H3. The first-order valence-corrected chi connectivity index (χ1v) is 9.95. The first kappa shape index (κ1) is 18.6. The minimum Gasteiger partial charge on any atom is -0.400 e. The molecule has 5 nitrogen and oxygen atoms in total. The third kappa shape index (κ3) is 3.30. The van der Waals surface area contributed by atoms with E-state index in [1.54, 1.807) is 0 Å². The number of hydrogen-bond acceptors (Lipinski definition) is 4. The number of carbonyl (C=O) groups excluding carboxylic acids is 1. The van der Waals surface area contributed by atoms with Crippen LogP contribution >= 0.6 is 0 Å². The Bertz CT molecular complexity index is 758. The van der Waals surface area contributed by atoms with Crippen molar-refractivity contribution in [3.05, 3.63) is 41.4 Å². The molecule has 4 rings (SSSR count). The number of carbonyl (C=O) groups is 1. The number of anilines is 1. The van der Waals surface area contributed by atoms with Crippen LogP contribution in [0.15, 0.2) is 35.8 Å². The van der Waals surface area contributed by atoms with E-state index in [1.165, 1.54) is 0 Å². The zero-order valence-electron chi connectivity index (χ0n) is 16.7. The van der Waals surface area contributed by atoms with Gasteiger partial charge in [-0.1, -0.05) is 24.3 Å². The summed E-state index contributed by atoms with van der Waals surface area (Å²) < 4.78 is 12.3. The Morgan fingerprint density at radius 2 is 1.89 bits per heavy atom. The average molecular weight is 368 g/mol. The van der Waals surface area contributed by atoms with Gasteiger partial charge in [-0.15, -0.1) is 0 Å². The van der Waals surface area contributed by atoms with Crippen molar-refractivity contribution in [2.24, 2.45) is 0 Å². The molecule has 1 N–H and O–H groups in total. The van der Waals surface area contributed by atoms with Gasteiger partial charge in [-0.25, -0.2) is 0 Å². The highest BCUT2D eigenvalue weighted by Gasteiger charge is 2.52. The minimum atomic E-state index is -0.329.